The number of nitrogen functional groups attached to an aromatic ring is 1. The van der Waals surface area contributed by atoms with Gasteiger partial charge in [0.05, 0.1) is 12.6 Å². The number of anilines is 2. The van der Waals surface area contributed by atoms with E-state index in [4.69, 9.17) is 14.9 Å². The van der Waals surface area contributed by atoms with Crippen LogP contribution in [0.3, 0.4) is 0 Å². The average molecular weight is 235 g/mol. The van der Waals surface area contributed by atoms with Gasteiger partial charge in [0.15, 0.2) is 5.58 Å². The second-order valence-electron chi connectivity index (χ2n) is 4.14. The number of hydrogen-bond acceptors (Lipinski definition) is 5. The minimum absolute atomic E-state index is 0.199. The Labute approximate surface area is 100 Å². The van der Waals surface area contributed by atoms with Gasteiger partial charge in [-0.3, -0.25) is 0 Å². The summed E-state index contributed by atoms with van der Waals surface area (Å²) >= 11 is 0. The minimum Gasteiger partial charge on any atom is -0.423 e. The van der Waals surface area contributed by atoms with E-state index in [0.717, 1.165) is 5.52 Å². The van der Waals surface area contributed by atoms with Crippen LogP contribution in [0.4, 0.5) is 11.7 Å². The topological polar surface area (TPSA) is 64.5 Å². The van der Waals surface area contributed by atoms with Crippen LogP contribution in [0.1, 0.15) is 6.92 Å². The summed E-state index contributed by atoms with van der Waals surface area (Å²) in [7, 11) is 3.61. The molecule has 1 aromatic carbocycles. The van der Waals surface area contributed by atoms with E-state index in [1.54, 1.807) is 13.2 Å². The molecule has 0 radical (unpaired) electrons. The molecule has 2 N–H and O–H groups in total. The van der Waals surface area contributed by atoms with Gasteiger partial charge in [-0.15, -0.1) is 0 Å². The van der Waals surface area contributed by atoms with Crippen molar-refractivity contribution in [2.75, 3.05) is 31.4 Å². The molecule has 1 atom stereocenters. The maximum Gasteiger partial charge on any atom is 0.298 e. The van der Waals surface area contributed by atoms with Crippen molar-refractivity contribution in [3.8, 4) is 0 Å². The number of aromatic nitrogens is 1. The van der Waals surface area contributed by atoms with Gasteiger partial charge in [-0.2, -0.15) is 4.98 Å². The summed E-state index contributed by atoms with van der Waals surface area (Å²) in [6, 6.07) is 6.22. The van der Waals surface area contributed by atoms with E-state index in [1.807, 2.05) is 31.0 Å². The van der Waals surface area contributed by atoms with Crippen molar-refractivity contribution < 1.29 is 9.15 Å². The van der Waals surface area contributed by atoms with E-state index < -0.39 is 0 Å². The number of benzene rings is 1. The molecule has 2 rings (SSSR count). The van der Waals surface area contributed by atoms with Gasteiger partial charge in [-0.1, -0.05) is 0 Å². The second kappa shape index (κ2) is 4.63. The number of hydrogen-bond donors (Lipinski definition) is 1. The van der Waals surface area contributed by atoms with Crippen LogP contribution in [-0.2, 0) is 4.74 Å². The highest BCUT2D eigenvalue weighted by atomic mass is 16.5. The Bertz CT molecular complexity index is 509. The van der Waals surface area contributed by atoms with E-state index in [2.05, 4.69) is 4.98 Å². The van der Waals surface area contributed by atoms with Crippen molar-refractivity contribution in [2.45, 2.75) is 13.0 Å². The lowest BCUT2D eigenvalue weighted by atomic mass is 10.3. The first kappa shape index (κ1) is 11.7. The Morgan fingerprint density at radius 3 is 3.00 bits per heavy atom. The number of rotatable bonds is 4. The molecule has 0 amide bonds. The van der Waals surface area contributed by atoms with Crippen molar-refractivity contribution >= 4 is 22.8 Å². The summed E-state index contributed by atoms with van der Waals surface area (Å²) in [5.41, 5.74) is 7.89. The number of nitrogens with two attached hydrogens (primary N) is 1. The smallest absolute Gasteiger partial charge is 0.298 e. The van der Waals surface area contributed by atoms with E-state index in [9.17, 15) is 0 Å². The Morgan fingerprint density at radius 2 is 2.29 bits per heavy atom. The summed E-state index contributed by atoms with van der Waals surface area (Å²) in [5, 5.41) is 0. The van der Waals surface area contributed by atoms with Gasteiger partial charge in [-0.05, 0) is 19.1 Å². The number of ether oxygens (including phenoxy) is 1. The molecule has 5 nitrogen and oxygen atoms in total. The van der Waals surface area contributed by atoms with Crippen LogP contribution in [0.2, 0.25) is 0 Å². The van der Waals surface area contributed by atoms with Gasteiger partial charge in [0, 0.05) is 25.9 Å². The number of likely N-dealkylation sites (N-methyl/N-ethyl adjacent to an activating group) is 1. The van der Waals surface area contributed by atoms with E-state index in [1.165, 1.54) is 0 Å². The van der Waals surface area contributed by atoms with Gasteiger partial charge in [-0.25, -0.2) is 0 Å². The molecule has 92 valence electrons. The van der Waals surface area contributed by atoms with Crippen LogP contribution in [0.5, 0.6) is 0 Å². The van der Waals surface area contributed by atoms with Crippen molar-refractivity contribution in [1.29, 1.82) is 0 Å². The zero-order valence-corrected chi connectivity index (χ0v) is 10.3. The molecule has 0 aliphatic carbocycles. The fourth-order valence-corrected chi connectivity index (χ4v) is 1.62. The third-order valence-corrected chi connectivity index (χ3v) is 2.77. The number of nitrogens with zero attached hydrogens (tertiary/aromatic N) is 2. The number of methoxy groups -OCH3 is 1. The lowest BCUT2D eigenvalue weighted by molar-refractivity contribution is 0.182. The Hall–Kier alpha value is -1.75. The van der Waals surface area contributed by atoms with Crippen LogP contribution in [-0.4, -0.2) is 31.8 Å². The monoisotopic (exact) mass is 235 g/mol. The molecule has 2 aromatic rings. The van der Waals surface area contributed by atoms with Crippen LogP contribution in [0, 0.1) is 0 Å². The molecule has 1 heterocycles. The van der Waals surface area contributed by atoms with E-state index >= 15 is 0 Å². The summed E-state index contributed by atoms with van der Waals surface area (Å²) in [4.78, 5) is 6.35. The SMILES string of the molecule is COCC(C)N(C)c1nc2ccc(N)cc2o1. The molecule has 1 unspecified atom stereocenters. The van der Waals surface area contributed by atoms with Gasteiger partial charge in [0.25, 0.3) is 6.01 Å². The van der Waals surface area contributed by atoms with Crippen LogP contribution >= 0.6 is 0 Å². The fraction of sp³-hybridized carbons (Fsp3) is 0.417. The molecule has 0 bridgehead atoms. The summed E-state index contributed by atoms with van der Waals surface area (Å²) in [5.74, 6) is 0. The summed E-state index contributed by atoms with van der Waals surface area (Å²) < 4.78 is 10.8. The molecule has 0 fully saturated rings. The van der Waals surface area contributed by atoms with Crippen molar-refractivity contribution in [3.05, 3.63) is 18.2 Å². The molecule has 0 spiro atoms. The van der Waals surface area contributed by atoms with E-state index in [-0.39, 0.29) is 6.04 Å². The average Bonchev–Trinajstić information content (AvgIpc) is 2.71. The molecule has 0 saturated carbocycles. The number of oxazole rings is 1. The van der Waals surface area contributed by atoms with Crippen LogP contribution < -0.4 is 10.6 Å². The molecule has 5 heteroatoms. The van der Waals surface area contributed by atoms with Crippen molar-refractivity contribution in [2.24, 2.45) is 0 Å². The zero-order valence-electron chi connectivity index (χ0n) is 10.3. The van der Waals surface area contributed by atoms with Gasteiger partial charge in [0.1, 0.15) is 5.52 Å². The molecular formula is C12H17N3O2. The lowest BCUT2D eigenvalue weighted by Crippen LogP contribution is -2.32. The number of fused-ring (bicyclic) bond motifs is 1. The van der Waals surface area contributed by atoms with Gasteiger partial charge < -0.3 is 19.8 Å². The first-order valence-electron chi connectivity index (χ1n) is 5.49. The van der Waals surface area contributed by atoms with Gasteiger partial charge >= 0.3 is 0 Å². The highest BCUT2D eigenvalue weighted by Gasteiger charge is 2.15. The molecule has 0 saturated heterocycles. The normalized spacial score (nSPS) is 12.9. The van der Waals surface area contributed by atoms with Crippen molar-refractivity contribution in [1.82, 2.24) is 4.98 Å². The fourth-order valence-electron chi connectivity index (χ4n) is 1.62. The maximum atomic E-state index is 5.70. The van der Waals surface area contributed by atoms with Gasteiger partial charge in [0.2, 0.25) is 0 Å². The highest BCUT2D eigenvalue weighted by molar-refractivity contribution is 5.78. The molecule has 0 aliphatic heterocycles. The highest BCUT2D eigenvalue weighted by Crippen LogP contribution is 2.23. The quantitative estimate of drug-likeness (QED) is 0.820. The molecule has 0 aliphatic rings. The van der Waals surface area contributed by atoms with Crippen LogP contribution in [0.15, 0.2) is 22.6 Å². The third-order valence-electron chi connectivity index (χ3n) is 2.77. The Kier molecular flexibility index (Phi) is 3.19. The summed E-state index contributed by atoms with van der Waals surface area (Å²) in [6.45, 7) is 2.67. The Balaban J connectivity index is 2.29. The summed E-state index contributed by atoms with van der Waals surface area (Å²) in [6.07, 6.45) is 0. The molecular weight excluding hydrogens is 218 g/mol. The van der Waals surface area contributed by atoms with Crippen molar-refractivity contribution in [3.63, 3.8) is 0 Å². The first-order valence-corrected chi connectivity index (χ1v) is 5.49. The molecule has 1 aromatic heterocycles. The Morgan fingerprint density at radius 1 is 1.53 bits per heavy atom. The zero-order chi connectivity index (χ0) is 12.4. The minimum atomic E-state index is 0.199. The maximum absolute atomic E-state index is 5.70. The standard InChI is InChI=1S/C12H17N3O2/c1-8(7-16-3)15(2)12-14-10-5-4-9(13)6-11(10)17-12/h4-6,8H,7,13H2,1-3H3. The third kappa shape index (κ3) is 2.34. The largest absolute Gasteiger partial charge is 0.423 e. The predicted molar refractivity (Wildman–Crippen MR) is 68.2 cm³/mol. The second-order valence-corrected chi connectivity index (χ2v) is 4.14. The van der Waals surface area contributed by atoms with E-state index in [0.29, 0.717) is 23.9 Å². The predicted octanol–water partition coefficient (Wildman–Crippen LogP) is 1.88. The van der Waals surface area contributed by atoms with Crippen LogP contribution in [0.25, 0.3) is 11.1 Å². The lowest BCUT2D eigenvalue weighted by Gasteiger charge is -2.21. The first-order chi connectivity index (χ1) is 8.11. The molecule has 17 heavy (non-hydrogen) atoms.